The van der Waals surface area contributed by atoms with Gasteiger partial charge in [-0.2, -0.15) is 0 Å². The van der Waals surface area contributed by atoms with E-state index in [1.165, 1.54) is 18.7 Å². The van der Waals surface area contributed by atoms with E-state index in [1.807, 2.05) is 42.5 Å². The summed E-state index contributed by atoms with van der Waals surface area (Å²) in [6, 6.07) is 28.7. The molecule has 0 spiro atoms. The SMILES string of the molecule is O=C(Nc1ccccc1-c1ccccc1)OC1C[N+]2(Cc3ccccc3)CCC1CC2.[I-]. The number of hydrogen-bond donors (Lipinski definition) is 1. The number of para-hydroxylation sites is 1. The Morgan fingerprint density at radius 2 is 1.50 bits per heavy atom. The average molecular weight is 540 g/mol. The van der Waals surface area contributed by atoms with Crippen LogP contribution in [0, 0.1) is 5.92 Å². The highest BCUT2D eigenvalue weighted by Gasteiger charge is 2.47. The van der Waals surface area contributed by atoms with Crippen LogP contribution in [0.5, 0.6) is 0 Å². The Kier molecular flexibility index (Phi) is 7.16. The van der Waals surface area contributed by atoms with Crippen molar-refractivity contribution in [3.8, 4) is 11.1 Å². The number of fused-ring (bicyclic) bond motifs is 3. The lowest BCUT2D eigenvalue weighted by molar-refractivity contribution is -0.958. The van der Waals surface area contributed by atoms with Gasteiger partial charge < -0.3 is 33.2 Å². The molecule has 5 heteroatoms. The molecule has 1 N–H and O–H groups in total. The molecule has 3 heterocycles. The molecular weight excluding hydrogens is 511 g/mol. The highest BCUT2D eigenvalue weighted by molar-refractivity contribution is 5.91. The molecule has 0 aliphatic carbocycles. The second kappa shape index (κ2) is 10.0. The summed E-state index contributed by atoms with van der Waals surface area (Å²) in [7, 11) is 0. The molecule has 1 atom stereocenters. The minimum absolute atomic E-state index is 0. The zero-order valence-electron chi connectivity index (χ0n) is 18.1. The molecule has 0 aromatic heterocycles. The number of hydrogen-bond acceptors (Lipinski definition) is 2. The number of halogens is 1. The Bertz CT molecular complexity index is 1030. The number of quaternary nitrogens is 1. The number of piperidine rings is 3. The van der Waals surface area contributed by atoms with E-state index in [9.17, 15) is 4.79 Å². The van der Waals surface area contributed by atoms with E-state index in [0.29, 0.717) is 5.92 Å². The fraction of sp³-hybridized carbons (Fsp3) is 0.296. The fourth-order valence-corrected chi connectivity index (χ4v) is 5.29. The first-order chi connectivity index (χ1) is 15.2. The Hall–Kier alpha value is -2.38. The van der Waals surface area contributed by atoms with Crippen molar-refractivity contribution >= 4 is 11.8 Å². The molecule has 166 valence electrons. The first-order valence-electron chi connectivity index (χ1n) is 11.2. The Morgan fingerprint density at radius 3 is 2.22 bits per heavy atom. The van der Waals surface area contributed by atoms with E-state index in [1.54, 1.807) is 0 Å². The minimum atomic E-state index is -0.347. The lowest BCUT2D eigenvalue weighted by atomic mass is 9.83. The van der Waals surface area contributed by atoms with Crippen LogP contribution in [0.25, 0.3) is 11.1 Å². The van der Waals surface area contributed by atoms with Crippen LogP contribution < -0.4 is 29.3 Å². The van der Waals surface area contributed by atoms with E-state index in [-0.39, 0.29) is 36.2 Å². The number of nitrogens with one attached hydrogen (secondary N) is 1. The molecule has 3 aliphatic heterocycles. The molecular formula is C27H29IN2O2. The number of nitrogens with zero attached hydrogens (tertiary/aromatic N) is 1. The molecule has 4 nitrogen and oxygen atoms in total. The van der Waals surface area contributed by atoms with Crippen molar-refractivity contribution in [2.24, 2.45) is 5.92 Å². The van der Waals surface area contributed by atoms with E-state index in [0.717, 1.165) is 47.2 Å². The topological polar surface area (TPSA) is 38.3 Å². The van der Waals surface area contributed by atoms with Crippen molar-refractivity contribution in [2.45, 2.75) is 25.5 Å². The zero-order valence-corrected chi connectivity index (χ0v) is 20.3. The third-order valence-electron chi connectivity index (χ3n) is 6.91. The molecule has 32 heavy (non-hydrogen) atoms. The van der Waals surface area contributed by atoms with Crippen molar-refractivity contribution in [3.05, 3.63) is 90.5 Å². The molecule has 3 aromatic rings. The van der Waals surface area contributed by atoms with Gasteiger partial charge in [0, 0.05) is 29.9 Å². The molecule has 2 bridgehead atoms. The Labute approximate surface area is 207 Å². The number of carbonyl (C=O) groups excluding carboxylic acids is 1. The summed E-state index contributed by atoms with van der Waals surface area (Å²) in [6.07, 6.45) is 1.90. The first kappa shape index (κ1) is 22.8. The van der Waals surface area contributed by atoms with Crippen molar-refractivity contribution < 1.29 is 38.0 Å². The van der Waals surface area contributed by atoms with Gasteiger partial charge in [-0.1, -0.05) is 78.9 Å². The standard InChI is InChI=1S/C27H28N2O2.HI/c30-27(28-25-14-8-7-13-24(25)22-11-5-2-6-12-22)31-26-20-29(17-15-23(26)16-18-29)19-21-9-3-1-4-10-21;/h1-14,23,26H,15-20H2;1H. The van der Waals surface area contributed by atoms with Crippen LogP contribution in [0.2, 0.25) is 0 Å². The van der Waals surface area contributed by atoms with Crippen molar-refractivity contribution in [1.82, 2.24) is 0 Å². The van der Waals surface area contributed by atoms with Crippen LogP contribution >= 0.6 is 0 Å². The number of benzene rings is 3. The highest BCUT2D eigenvalue weighted by atomic mass is 127. The minimum Gasteiger partial charge on any atom is -1.00 e. The maximum Gasteiger partial charge on any atom is 0.412 e. The number of ether oxygens (including phenoxy) is 1. The van der Waals surface area contributed by atoms with Crippen LogP contribution in [-0.4, -0.2) is 36.3 Å². The van der Waals surface area contributed by atoms with E-state index >= 15 is 0 Å². The van der Waals surface area contributed by atoms with Gasteiger partial charge >= 0.3 is 6.09 Å². The summed E-state index contributed by atoms with van der Waals surface area (Å²) in [4.78, 5) is 12.9. The van der Waals surface area contributed by atoms with Crippen LogP contribution in [-0.2, 0) is 11.3 Å². The summed E-state index contributed by atoms with van der Waals surface area (Å²) in [5.74, 6) is 0.478. The molecule has 3 aliphatic rings. The molecule has 1 unspecified atom stereocenters. The van der Waals surface area contributed by atoms with Gasteiger partial charge in [-0.3, -0.25) is 5.32 Å². The van der Waals surface area contributed by atoms with Crippen molar-refractivity contribution in [2.75, 3.05) is 25.0 Å². The van der Waals surface area contributed by atoms with Gasteiger partial charge in [0.15, 0.2) is 6.10 Å². The third kappa shape index (κ3) is 4.99. The number of anilines is 1. The van der Waals surface area contributed by atoms with Crippen molar-refractivity contribution in [3.63, 3.8) is 0 Å². The predicted molar refractivity (Wildman–Crippen MR) is 124 cm³/mol. The quantitative estimate of drug-likeness (QED) is 0.400. The number of carbonyl (C=O) groups is 1. The molecule has 3 aromatic carbocycles. The fourth-order valence-electron chi connectivity index (χ4n) is 5.29. The van der Waals surface area contributed by atoms with Gasteiger partial charge in [0.25, 0.3) is 0 Å². The number of amides is 1. The van der Waals surface area contributed by atoms with Crippen LogP contribution in [0.4, 0.5) is 10.5 Å². The smallest absolute Gasteiger partial charge is 0.412 e. The van der Waals surface area contributed by atoms with Gasteiger partial charge in [-0.05, 0) is 11.6 Å². The normalized spacial score (nSPS) is 23.8. The predicted octanol–water partition coefficient (Wildman–Crippen LogP) is 2.72. The first-order valence-corrected chi connectivity index (χ1v) is 11.2. The lowest BCUT2D eigenvalue weighted by Crippen LogP contribution is -3.00. The van der Waals surface area contributed by atoms with Gasteiger partial charge in [0.05, 0.1) is 18.8 Å². The summed E-state index contributed by atoms with van der Waals surface area (Å²) in [6.45, 7) is 4.29. The maximum absolute atomic E-state index is 12.9. The number of rotatable bonds is 5. The lowest BCUT2D eigenvalue weighted by Gasteiger charge is -2.52. The van der Waals surface area contributed by atoms with Gasteiger partial charge in [0.1, 0.15) is 13.1 Å². The van der Waals surface area contributed by atoms with Crippen LogP contribution in [0.3, 0.4) is 0 Å². The second-order valence-electron chi connectivity index (χ2n) is 8.93. The van der Waals surface area contributed by atoms with Crippen molar-refractivity contribution in [1.29, 1.82) is 0 Å². The Morgan fingerprint density at radius 1 is 0.875 bits per heavy atom. The molecule has 0 saturated carbocycles. The zero-order chi connectivity index (χ0) is 21.1. The monoisotopic (exact) mass is 540 g/mol. The Balaban J connectivity index is 0.00000245. The van der Waals surface area contributed by atoms with Crippen LogP contribution in [0.1, 0.15) is 18.4 Å². The van der Waals surface area contributed by atoms with E-state index in [4.69, 9.17) is 4.74 Å². The summed E-state index contributed by atoms with van der Waals surface area (Å²) >= 11 is 0. The van der Waals surface area contributed by atoms with Gasteiger partial charge in [0.2, 0.25) is 0 Å². The summed E-state index contributed by atoms with van der Waals surface area (Å²) in [5.41, 5.74) is 4.23. The molecule has 1 amide bonds. The molecule has 0 radical (unpaired) electrons. The average Bonchev–Trinajstić information content (AvgIpc) is 2.81. The molecule has 6 rings (SSSR count). The highest BCUT2D eigenvalue weighted by Crippen LogP contribution is 2.37. The van der Waals surface area contributed by atoms with Crippen LogP contribution in [0.15, 0.2) is 84.9 Å². The van der Waals surface area contributed by atoms with E-state index < -0.39 is 0 Å². The molecule has 3 saturated heterocycles. The summed E-state index contributed by atoms with van der Waals surface area (Å²) in [5, 5.41) is 3.01. The largest absolute Gasteiger partial charge is 1.00 e. The molecule has 3 fully saturated rings. The maximum atomic E-state index is 12.9. The van der Waals surface area contributed by atoms with E-state index in [2.05, 4.69) is 47.8 Å². The summed E-state index contributed by atoms with van der Waals surface area (Å²) < 4.78 is 7.04. The second-order valence-corrected chi connectivity index (χ2v) is 8.93. The van der Waals surface area contributed by atoms with Gasteiger partial charge in [-0.25, -0.2) is 4.79 Å². The van der Waals surface area contributed by atoms with Gasteiger partial charge in [-0.15, -0.1) is 0 Å². The third-order valence-corrected chi connectivity index (χ3v) is 6.91.